The number of aromatic nitrogens is 1. The Balaban J connectivity index is 0.00000176. The summed E-state index contributed by atoms with van der Waals surface area (Å²) in [7, 11) is 0. The van der Waals surface area contributed by atoms with Crippen LogP contribution in [-0.2, 0) is 6.42 Å². The molecule has 22 heavy (non-hydrogen) atoms. The Morgan fingerprint density at radius 1 is 1.18 bits per heavy atom. The fraction of sp³-hybridized carbons (Fsp3) is 0.188. The zero-order valence-electron chi connectivity index (χ0n) is 11.7. The fourth-order valence-electron chi connectivity index (χ4n) is 2.25. The minimum absolute atomic E-state index is 0. The summed E-state index contributed by atoms with van der Waals surface area (Å²) in [4.78, 5) is 3.74. The lowest BCUT2D eigenvalue weighted by atomic mass is 10.1. The van der Waals surface area contributed by atoms with Gasteiger partial charge < -0.3 is 5.32 Å². The topological polar surface area (TPSA) is 24.9 Å². The van der Waals surface area contributed by atoms with Gasteiger partial charge in [-0.1, -0.05) is 0 Å². The van der Waals surface area contributed by atoms with Crippen LogP contribution in [0.2, 0.25) is 0 Å². The molecular formula is C16H15ClF2N2S. The first-order valence-electron chi connectivity index (χ1n) is 6.73. The highest BCUT2D eigenvalue weighted by atomic mass is 35.5. The molecule has 0 bridgehead atoms. The molecule has 2 aromatic heterocycles. The van der Waals surface area contributed by atoms with Gasteiger partial charge in [0.2, 0.25) is 0 Å². The van der Waals surface area contributed by atoms with Gasteiger partial charge in [-0.25, -0.2) is 8.78 Å². The number of hydrogen-bond acceptors (Lipinski definition) is 3. The summed E-state index contributed by atoms with van der Waals surface area (Å²) >= 11 is 1.51. The second-order valence-electron chi connectivity index (χ2n) is 4.79. The molecule has 6 heteroatoms. The molecule has 0 saturated heterocycles. The summed E-state index contributed by atoms with van der Waals surface area (Å²) in [5.41, 5.74) is 1.69. The number of fused-ring (bicyclic) bond motifs is 1. The molecule has 0 saturated carbocycles. The molecule has 0 amide bonds. The van der Waals surface area contributed by atoms with Crippen LogP contribution >= 0.6 is 23.7 Å². The van der Waals surface area contributed by atoms with Crippen molar-refractivity contribution in [3.63, 3.8) is 0 Å². The SMILES string of the molecule is Cl.Fc1ccc2c(NCCCc3ccncc3F)csc2c1. The molecule has 0 spiro atoms. The molecule has 3 rings (SSSR count). The molecule has 0 fully saturated rings. The van der Waals surface area contributed by atoms with Crippen molar-refractivity contribution in [1.82, 2.24) is 4.98 Å². The number of nitrogens with one attached hydrogen (secondary N) is 1. The van der Waals surface area contributed by atoms with Crippen LogP contribution in [0.5, 0.6) is 0 Å². The van der Waals surface area contributed by atoms with Gasteiger partial charge in [0, 0.05) is 28.2 Å². The van der Waals surface area contributed by atoms with Crippen molar-refractivity contribution in [3.8, 4) is 0 Å². The summed E-state index contributed by atoms with van der Waals surface area (Å²) in [6.45, 7) is 0.741. The number of halogens is 3. The van der Waals surface area contributed by atoms with Crippen molar-refractivity contribution < 1.29 is 8.78 Å². The molecular weight excluding hydrogens is 326 g/mol. The maximum atomic E-state index is 13.4. The number of rotatable bonds is 5. The Labute approximate surface area is 137 Å². The molecule has 1 aromatic carbocycles. The number of aryl methyl sites for hydroxylation is 1. The van der Waals surface area contributed by atoms with E-state index in [0.717, 1.165) is 28.7 Å². The van der Waals surface area contributed by atoms with E-state index < -0.39 is 0 Å². The lowest BCUT2D eigenvalue weighted by Crippen LogP contribution is -2.03. The van der Waals surface area contributed by atoms with E-state index in [1.807, 2.05) is 5.38 Å². The second kappa shape index (κ2) is 7.51. The molecule has 0 radical (unpaired) electrons. The molecule has 0 unspecified atom stereocenters. The average Bonchev–Trinajstić information content (AvgIpc) is 2.87. The van der Waals surface area contributed by atoms with Gasteiger partial charge in [0.25, 0.3) is 0 Å². The Hall–Kier alpha value is -1.72. The fourth-order valence-corrected chi connectivity index (χ4v) is 3.19. The highest BCUT2D eigenvalue weighted by molar-refractivity contribution is 7.17. The second-order valence-corrected chi connectivity index (χ2v) is 5.70. The summed E-state index contributed by atoms with van der Waals surface area (Å²) in [5.74, 6) is -0.474. The molecule has 0 aliphatic rings. The van der Waals surface area contributed by atoms with E-state index in [0.29, 0.717) is 12.0 Å². The van der Waals surface area contributed by atoms with Crippen molar-refractivity contribution >= 4 is 39.5 Å². The van der Waals surface area contributed by atoms with Crippen molar-refractivity contribution in [2.75, 3.05) is 11.9 Å². The van der Waals surface area contributed by atoms with Gasteiger partial charge >= 0.3 is 0 Å². The predicted octanol–water partition coefficient (Wildman–Crippen LogP) is 5.04. The van der Waals surface area contributed by atoms with Crippen molar-refractivity contribution in [2.45, 2.75) is 12.8 Å². The molecule has 3 aromatic rings. The van der Waals surface area contributed by atoms with Gasteiger partial charge in [0.05, 0.1) is 11.9 Å². The third-order valence-electron chi connectivity index (χ3n) is 3.33. The Morgan fingerprint density at radius 2 is 2.05 bits per heavy atom. The first-order chi connectivity index (χ1) is 10.2. The first-order valence-corrected chi connectivity index (χ1v) is 7.61. The zero-order valence-corrected chi connectivity index (χ0v) is 13.3. The maximum absolute atomic E-state index is 13.4. The van der Waals surface area contributed by atoms with Gasteiger partial charge in [-0.15, -0.1) is 23.7 Å². The molecule has 0 atom stereocenters. The lowest BCUT2D eigenvalue weighted by Gasteiger charge is -2.06. The molecule has 116 valence electrons. The van der Waals surface area contributed by atoms with Crippen LogP contribution in [0.3, 0.4) is 0 Å². The van der Waals surface area contributed by atoms with E-state index in [2.05, 4.69) is 10.3 Å². The van der Waals surface area contributed by atoms with Crippen LogP contribution in [0, 0.1) is 11.6 Å². The highest BCUT2D eigenvalue weighted by Crippen LogP contribution is 2.30. The van der Waals surface area contributed by atoms with Gasteiger partial charge in [-0.3, -0.25) is 4.98 Å². The van der Waals surface area contributed by atoms with Gasteiger partial charge in [-0.05, 0) is 42.7 Å². The molecule has 2 heterocycles. The van der Waals surface area contributed by atoms with Gasteiger partial charge in [0.1, 0.15) is 11.6 Å². The maximum Gasteiger partial charge on any atom is 0.144 e. The van der Waals surface area contributed by atoms with Gasteiger partial charge in [0.15, 0.2) is 0 Å². The number of hydrogen-bond donors (Lipinski definition) is 1. The molecule has 0 aliphatic heterocycles. The van der Waals surface area contributed by atoms with Crippen LogP contribution in [0.15, 0.2) is 42.0 Å². The number of benzene rings is 1. The van der Waals surface area contributed by atoms with Crippen LogP contribution in [0.4, 0.5) is 14.5 Å². The molecule has 0 aliphatic carbocycles. The van der Waals surface area contributed by atoms with Gasteiger partial charge in [-0.2, -0.15) is 0 Å². The van der Waals surface area contributed by atoms with Crippen LogP contribution in [0.1, 0.15) is 12.0 Å². The van der Waals surface area contributed by atoms with Crippen LogP contribution in [-0.4, -0.2) is 11.5 Å². The summed E-state index contributed by atoms with van der Waals surface area (Å²) < 4.78 is 27.5. The third kappa shape index (κ3) is 3.72. The molecule has 2 nitrogen and oxygen atoms in total. The summed E-state index contributed by atoms with van der Waals surface area (Å²) in [6.07, 6.45) is 4.33. The van der Waals surface area contributed by atoms with Crippen LogP contribution < -0.4 is 5.32 Å². The molecule has 1 N–H and O–H groups in total. The smallest absolute Gasteiger partial charge is 0.144 e. The number of pyridine rings is 1. The van der Waals surface area contributed by atoms with Crippen molar-refractivity contribution in [1.29, 1.82) is 0 Å². The zero-order chi connectivity index (χ0) is 14.7. The largest absolute Gasteiger partial charge is 0.384 e. The third-order valence-corrected chi connectivity index (χ3v) is 4.28. The number of anilines is 1. The average molecular weight is 341 g/mol. The van der Waals surface area contributed by atoms with E-state index in [9.17, 15) is 8.78 Å². The van der Waals surface area contributed by atoms with Crippen molar-refractivity contribution in [2.24, 2.45) is 0 Å². The Bertz CT molecular complexity index is 761. The Morgan fingerprint density at radius 3 is 2.86 bits per heavy atom. The minimum Gasteiger partial charge on any atom is -0.384 e. The lowest BCUT2D eigenvalue weighted by molar-refractivity contribution is 0.599. The summed E-state index contributed by atoms with van der Waals surface area (Å²) in [6, 6.07) is 6.49. The summed E-state index contributed by atoms with van der Waals surface area (Å²) in [5, 5.41) is 6.33. The number of thiophene rings is 1. The first kappa shape index (κ1) is 16.6. The van der Waals surface area contributed by atoms with E-state index in [1.54, 1.807) is 18.3 Å². The number of nitrogens with zero attached hydrogens (tertiary/aromatic N) is 1. The predicted molar refractivity (Wildman–Crippen MR) is 90.0 cm³/mol. The van der Waals surface area contributed by atoms with Crippen LogP contribution in [0.25, 0.3) is 10.1 Å². The highest BCUT2D eigenvalue weighted by Gasteiger charge is 2.05. The standard InChI is InChI=1S/C16H14F2N2S.ClH/c17-12-3-4-13-15(10-21-16(13)8-12)20-6-1-2-11-5-7-19-9-14(11)18;/h3-5,7-10,20H,1-2,6H2;1H. The van der Waals surface area contributed by atoms with E-state index in [1.165, 1.54) is 29.7 Å². The van der Waals surface area contributed by atoms with E-state index in [-0.39, 0.29) is 24.0 Å². The quantitative estimate of drug-likeness (QED) is 0.658. The van der Waals surface area contributed by atoms with Crippen molar-refractivity contribution in [3.05, 3.63) is 59.2 Å². The Kier molecular flexibility index (Phi) is 5.69. The minimum atomic E-state index is -0.256. The monoisotopic (exact) mass is 340 g/mol. The van der Waals surface area contributed by atoms with E-state index >= 15 is 0 Å². The normalized spacial score (nSPS) is 10.5. The van der Waals surface area contributed by atoms with E-state index in [4.69, 9.17) is 0 Å².